The minimum Gasteiger partial charge on any atom is -0.807 e. The molecular formula is C33H36N2Na3O5P. The summed E-state index contributed by atoms with van der Waals surface area (Å²) >= 11 is 0. The second-order valence-corrected chi connectivity index (χ2v) is 13.0. The Morgan fingerprint density at radius 2 is 1.57 bits per heavy atom. The van der Waals surface area contributed by atoms with Crippen molar-refractivity contribution in [1.29, 1.82) is 0 Å². The number of aliphatic carboxylic acids is 1. The van der Waals surface area contributed by atoms with Gasteiger partial charge in [-0.3, -0.25) is 0 Å². The van der Waals surface area contributed by atoms with Crippen LogP contribution in [0.1, 0.15) is 50.8 Å². The van der Waals surface area contributed by atoms with E-state index in [9.17, 15) is 24.3 Å². The molecule has 0 unspecified atom stereocenters. The van der Waals surface area contributed by atoms with Gasteiger partial charge in [0.1, 0.15) is 0 Å². The van der Waals surface area contributed by atoms with Gasteiger partial charge >= 0.3 is 88.7 Å². The van der Waals surface area contributed by atoms with Crippen molar-refractivity contribution in [2.45, 2.75) is 51.9 Å². The summed E-state index contributed by atoms with van der Waals surface area (Å²) in [5.41, 5.74) is 6.13. The van der Waals surface area contributed by atoms with Gasteiger partial charge in [-0.2, -0.15) is 4.58 Å². The number of benzene rings is 2. The topological polar surface area (TPSA) is 110 Å². The van der Waals surface area contributed by atoms with Crippen LogP contribution in [0.4, 0.5) is 11.4 Å². The number of carbonyl (C=O) groups is 1. The van der Waals surface area contributed by atoms with Crippen molar-refractivity contribution in [1.82, 2.24) is 0 Å². The number of aryl methyl sites for hydroxylation is 1. The number of allylic oxidation sites excluding steroid dienone is 8. The largest absolute Gasteiger partial charge is 1.00 e. The standard InChI is InChI=1S/C33H39N2O5P.3Na/c1-7-34-27-18-16-24(41(38,39)40)22-26(27)33(5,6)29(34)13-11-9-8-10-12-14-30-32(3,4)25-21-23(2)15-17-28(25)35(30)20-19-31(36)37;;;/h8-18,21-22H,1,7,19-20H2,2-6H3,(H,36,37)(H2,38,39,40);;;/q;3*+1/p-3. The van der Waals surface area contributed by atoms with E-state index in [2.05, 4.69) is 38.3 Å². The summed E-state index contributed by atoms with van der Waals surface area (Å²) in [6.07, 6.45) is 13.5. The maximum Gasteiger partial charge on any atom is 1.00 e. The van der Waals surface area contributed by atoms with Crippen LogP contribution in [0.2, 0.25) is 0 Å². The Labute approximate surface area is 327 Å². The molecule has 2 aromatic carbocycles. The minimum absolute atomic E-state index is 0. The Morgan fingerprint density at radius 1 is 0.932 bits per heavy atom. The van der Waals surface area contributed by atoms with Crippen molar-refractivity contribution >= 4 is 36.0 Å². The third-order valence-electron chi connectivity index (χ3n) is 7.95. The minimum atomic E-state index is -4.86. The summed E-state index contributed by atoms with van der Waals surface area (Å²) in [7, 11) is -4.86. The average molecular weight is 641 g/mol. The van der Waals surface area contributed by atoms with Gasteiger partial charge in [0.25, 0.3) is 0 Å². The van der Waals surface area contributed by atoms with Crippen molar-refractivity contribution < 1.29 is 118 Å². The molecule has 216 valence electrons. The Bertz CT molecular complexity index is 1590. The molecule has 44 heavy (non-hydrogen) atoms. The molecule has 4 rings (SSSR count). The number of hydrogen-bond acceptors (Lipinski definition) is 6. The van der Waals surface area contributed by atoms with Crippen molar-refractivity contribution in [3.05, 3.63) is 108 Å². The van der Waals surface area contributed by atoms with Crippen LogP contribution in [-0.2, 0) is 20.2 Å². The van der Waals surface area contributed by atoms with E-state index >= 15 is 0 Å². The predicted molar refractivity (Wildman–Crippen MR) is 159 cm³/mol. The molecule has 0 amide bonds. The molecule has 7 nitrogen and oxygen atoms in total. The van der Waals surface area contributed by atoms with Crippen LogP contribution in [0.25, 0.3) is 0 Å². The van der Waals surface area contributed by atoms with Gasteiger partial charge in [-0.05, 0) is 63.5 Å². The van der Waals surface area contributed by atoms with Crippen LogP contribution in [0.15, 0.2) is 84.6 Å². The van der Waals surface area contributed by atoms with Crippen LogP contribution >= 0.6 is 7.60 Å². The summed E-state index contributed by atoms with van der Waals surface area (Å²) in [6.45, 7) is 15.2. The molecular weight excluding hydrogens is 604 g/mol. The van der Waals surface area contributed by atoms with E-state index in [1.165, 1.54) is 17.7 Å². The number of rotatable bonds is 9. The Hall–Kier alpha value is -0.510. The Morgan fingerprint density at radius 3 is 2.18 bits per heavy atom. The second-order valence-electron chi connectivity index (χ2n) is 11.5. The second kappa shape index (κ2) is 16.5. The van der Waals surface area contributed by atoms with E-state index in [1.54, 1.807) is 6.07 Å². The molecule has 0 radical (unpaired) electrons. The van der Waals surface area contributed by atoms with Crippen molar-refractivity contribution in [3.63, 3.8) is 0 Å². The number of hydrogen-bond donors (Lipinski definition) is 0. The third kappa shape index (κ3) is 8.69. The van der Waals surface area contributed by atoms with Crippen molar-refractivity contribution in [2.24, 2.45) is 0 Å². The molecule has 0 fully saturated rings. The van der Waals surface area contributed by atoms with E-state index in [0.717, 1.165) is 33.9 Å². The van der Waals surface area contributed by atoms with Crippen molar-refractivity contribution in [2.75, 3.05) is 18.0 Å². The van der Waals surface area contributed by atoms with Crippen LogP contribution in [0.5, 0.6) is 0 Å². The number of fused-ring (bicyclic) bond motifs is 2. The first-order valence-electron chi connectivity index (χ1n) is 13.6. The van der Waals surface area contributed by atoms with E-state index < -0.39 is 19.0 Å². The van der Waals surface area contributed by atoms with Crippen LogP contribution in [-0.4, -0.2) is 29.3 Å². The van der Waals surface area contributed by atoms with Crippen LogP contribution < -0.4 is 114 Å². The van der Waals surface area contributed by atoms with Gasteiger partial charge in [0.2, 0.25) is 5.69 Å². The maximum atomic E-state index is 11.6. The molecule has 0 N–H and O–H groups in total. The Balaban J connectivity index is 0.00000323. The fourth-order valence-corrected chi connectivity index (χ4v) is 6.34. The van der Waals surface area contributed by atoms with E-state index in [1.807, 2.05) is 73.4 Å². The zero-order valence-electron chi connectivity index (χ0n) is 27.2. The molecule has 0 bridgehead atoms. The predicted octanol–water partition coefficient (Wildman–Crippen LogP) is -5.75. The van der Waals surface area contributed by atoms with Gasteiger partial charge < -0.3 is 36.1 Å². The number of carboxylic acid groups (broad SMARTS) is 1. The fraction of sp³-hybridized carbons (Fsp3) is 0.303. The Kier molecular flexibility index (Phi) is 15.6. The summed E-state index contributed by atoms with van der Waals surface area (Å²) in [6, 6.07) is 10.8. The molecule has 11 heteroatoms. The zero-order chi connectivity index (χ0) is 30.2. The van der Waals surface area contributed by atoms with Crippen LogP contribution in [0, 0.1) is 13.8 Å². The number of carbonyl (C=O) groups excluding carboxylic acids is 1. The first-order valence-corrected chi connectivity index (χ1v) is 15.2. The molecule has 2 aliphatic heterocycles. The molecule has 0 saturated heterocycles. The first kappa shape index (κ1) is 41.5. The SMILES string of the molecule is [CH2-]CN1/C(=C/C=C/C=C/C=C/C2=[N+](CCC(=O)[O-])c3ccc(C)cc3C2(C)C)C(C)(C)c2cc(P(=O)([O-])[O-])ccc21.[Na+].[Na+].[Na+]. The summed E-state index contributed by atoms with van der Waals surface area (Å²) < 4.78 is 13.7. The number of nitrogens with zero attached hydrogens (tertiary/aromatic N) is 2. The van der Waals surface area contributed by atoms with Gasteiger partial charge in [0, 0.05) is 46.9 Å². The fourth-order valence-electron chi connectivity index (χ4n) is 5.79. The average Bonchev–Trinajstić information content (AvgIpc) is 3.24. The number of anilines is 1. The van der Waals surface area contributed by atoms with Crippen LogP contribution in [0.3, 0.4) is 0 Å². The van der Waals surface area contributed by atoms with E-state index in [-0.39, 0.29) is 106 Å². The van der Waals surface area contributed by atoms with Gasteiger partial charge in [0.05, 0.1) is 5.41 Å². The third-order valence-corrected chi connectivity index (χ3v) is 8.87. The monoisotopic (exact) mass is 640 g/mol. The molecule has 2 aliphatic rings. The zero-order valence-corrected chi connectivity index (χ0v) is 34.1. The van der Waals surface area contributed by atoms with Gasteiger partial charge in [-0.25, -0.2) is 0 Å². The normalized spacial score (nSPS) is 17.5. The summed E-state index contributed by atoms with van der Waals surface area (Å²) in [5, 5.41) is 11.0. The molecule has 2 aromatic rings. The quantitative estimate of drug-likeness (QED) is 0.0890. The molecule has 0 saturated carbocycles. The van der Waals surface area contributed by atoms with E-state index in [4.69, 9.17) is 0 Å². The van der Waals surface area contributed by atoms with Gasteiger partial charge in [0.15, 0.2) is 12.3 Å². The van der Waals surface area contributed by atoms with E-state index in [0.29, 0.717) is 13.1 Å². The smallest absolute Gasteiger partial charge is 0.807 e. The molecule has 0 aromatic heterocycles. The molecule has 2 heterocycles. The maximum absolute atomic E-state index is 11.6. The molecule has 0 aliphatic carbocycles. The number of carboxylic acids is 1. The van der Waals surface area contributed by atoms with Gasteiger partial charge in [-0.15, -0.1) is 6.54 Å². The molecule has 0 atom stereocenters. The first-order chi connectivity index (χ1) is 19.2. The summed E-state index contributed by atoms with van der Waals surface area (Å²) in [5.74, 6) is -1.08. The molecule has 0 spiro atoms. The summed E-state index contributed by atoms with van der Waals surface area (Å²) in [4.78, 5) is 36.5. The van der Waals surface area contributed by atoms with Crippen molar-refractivity contribution in [3.8, 4) is 0 Å². The van der Waals surface area contributed by atoms with Gasteiger partial charge in [-0.1, -0.05) is 61.9 Å².